The van der Waals surface area contributed by atoms with Crippen molar-refractivity contribution in [3.63, 3.8) is 0 Å². The van der Waals surface area contributed by atoms with Crippen molar-refractivity contribution in [2.24, 2.45) is 0 Å². The van der Waals surface area contributed by atoms with E-state index in [1.165, 1.54) is 25.0 Å². The number of hydrogen-bond donors (Lipinski definition) is 1. The van der Waals surface area contributed by atoms with Gasteiger partial charge >= 0.3 is 0 Å². The van der Waals surface area contributed by atoms with E-state index >= 15 is 0 Å². The fourth-order valence-corrected chi connectivity index (χ4v) is 3.64. The second kappa shape index (κ2) is 6.03. The van der Waals surface area contributed by atoms with Crippen LogP contribution in [-0.4, -0.2) is 52.7 Å². The largest absolute Gasteiger partial charge is 0.388 e. The van der Waals surface area contributed by atoms with Crippen molar-refractivity contribution < 1.29 is 9.50 Å². The second-order valence-electron chi connectivity index (χ2n) is 6.73. The van der Waals surface area contributed by atoms with Crippen LogP contribution in [0.5, 0.6) is 0 Å². The maximum atomic E-state index is 13.0. The van der Waals surface area contributed by atoms with Crippen molar-refractivity contribution in [3.8, 4) is 0 Å². The van der Waals surface area contributed by atoms with Crippen molar-refractivity contribution in [1.29, 1.82) is 0 Å². The average Bonchev–Trinajstić information content (AvgIpc) is 2.97. The van der Waals surface area contributed by atoms with E-state index in [2.05, 4.69) is 9.80 Å². The Hall–Kier alpha value is -0.970. The molecule has 1 aromatic carbocycles. The average molecular weight is 292 g/mol. The molecule has 0 saturated carbocycles. The van der Waals surface area contributed by atoms with Gasteiger partial charge in [0.2, 0.25) is 0 Å². The molecular formula is C17H25FN2O. The van der Waals surface area contributed by atoms with Gasteiger partial charge in [0.1, 0.15) is 5.82 Å². The Morgan fingerprint density at radius 3 is 2.52 bits per heavy atom. The van der Waals surface area contributed by atoms with Crippen LogP contribution in [-0.2, 0) is 6.54 Å². The molecule has 2 saturated heterocycles. The van der Waals surface area contributed by atoms with Gasteiger partial charge in [-0.15, -0.1) is 0 Å². The third-order valence-electron chi connectivity index (χ3n) is 4.98. The lowest BCUT2D eigenvalue weighted by Crippen LogP contribution is -2.60. The molecule has 0 amide bonds. The first-order valence-electron chi connectivity index (χ1n) is 7.98. The minimum Gasteiger partial charge on any atom is -0.388 e. The minimum absolute atomic E-state index is 0.185. The predicted octanol–water partition coefficient (Wildman–Crippen LogP) is 2.25. The zero-order chi connectivity index (χ0) is 14.9. The van der Waals surface area contributed by atoms with E-state index < -0.39 is 5.60 Å². The smallest absolute Gasteiger partial charge is 0.123 e. The summed E-state index contributed by atoms with van der Waals surface area (Å²) in [6.45, 7) is 6.81. The van der Waals surface area contributed by atoms with E-state index in [0.717, 1.165) is 44.7 Å². The normalized spacial score (nSPS) is 31.7. The van der Waals surface area contributed by atoms with Crippen LogP contribution in [0.2, 0.25) is 0 Å². The van der Waals surface area contributed by atoms with Crippen LogP contribution in [0.25, 0.3) is 0 Å². The number of nitrogens with zero attached hydrogens (tertiary/aromatic N) is 2. The number of aliphatic hydroxyl groups is 1. The van der Waals surface area contributed by atoms with Crippen molar-refractivity contribution in [3.05, 3.63) is 35.6 Å². The van der Waals surface area contributed by atoms with E-state index in [-0.39, 0.29) is 11.9 Å². The molecule has 0 spiro atoms. The lowest BCUT2D eigenvalue weighted by Gasteiger charge is -2.46. The molecule has 0 radical (unpaired) electrons. The molecule has 21 heavy (non-hydrogen) atoms. The van der Waals surface area contributed by atoms with Crippen LogP contribution in [0.1, 0.15) is 31.7 Å². The molecule has 1 aromatic rings. The summed E-state index contributed by atoms with van der Waals surface area (Å²) in [6, 6.07) is 6.97. The number of hydrogen-bond acceptors (Lipinski definition) is 3. The van der Waals surface area contributed by atoms with Gasteiger partial charge in [0.15, 0.2) is 0 Å². The zero-order valence-electron chi connectivity index (χ0n) is 12.8. The molecule has 2 aliphatic rings. The number of likely N-dealkylation sites (tertiary alicyclic amines) is 2. The maximum absolute atomic E-state index is 13.0. The molecule has 0 aromatic heterocycles. The summed E-state index contributed by atoms with van der Waals surface area (Å²) >= 11 is 0. The lowest BCUT2D eigenvalue weighted by molar-refractivity contribution is -0.0776. The summed E-state index contributed by atoms with van der Waals surface area (Å²) in [5, 5.41) is 10.7. The van der Waals surface area contributed by atoms with Crippen molar-refractivity contribution in [2.45, 2.75) is 44.4 Å². The van der Waals surface area contributed by atoms with Gasteiger partial charge < -0.3 is 5.11 Å². The first-order chi connectivity index (χ1) is 10.0. The molecule has 4 heteroatoms. The molecule has 0 unspecified atom stereocenters. The summed E-state index contributed by atoms with van der Waals surface area (Å²) < 4.78 is 13.0. The number of benzene rings is 1. The maximum Gasteiger partial charge on any atom is 0.123 e. The Morgan fingerprint density at radius 2 is 1.86 bits per heavy atom. The highest BCUT2D eigenvalue weighted by Crippen LogP contribution is 2.29. The Morgan fingerprint density at radius 1 is 1.19 bits per heavy atom. The Balaban J connectivity index is 1.66. The molecule has 3 nitrogen and oxygen atoms in total. The number of halogens is 1. The van der Waals surface area contributed by atoms with Gasteiger partial charge in [-0.2, -0.15) is 0 Å². The van der Waals surface area contributed by atoms with Gasteiger partial charge in [0.25, 0.3) is 0 Å². The lowest BCUT2D eigenvalue weighted by atomic mass is 9.87. The summed E-state index contributed by atoms with van der Waals surface area (Å²) in [6.07, 6.45) is 3.28. The van der Waals surface area contributed by atoms with E-state index in [1.807, 2.05) is 19.1 Å². The molecule has 2 fully saturated rings. The topological polar surface area (TPSA) is 26.7 Å². The van der Waals surface area contributed by atoms with E-state index in [0.29, 0.717) is 0 Å². The Labute approximate surface area is 126 Å². The van der Waals surface area contributed by atoms with Crippen molar-refractivity contribution >= 4 is 0 Å². The molecule has 1 N–H and O–H groups in total. The monoisotopic (exact) mass is 292 g/mol. The Bertz CT molecular complexity index is 468. The highest BCUT2D eigenvalue weighted by molar-refractivity contribution is 5.16. The van der Waals surface area contributed by atoms with Crippen LogP contribution < -0.4 is 0 Å². The van der Waals surface area contributed by atoms with Crippen molar-refractivity contribution in [2.75, 3.05) is 26.2 Å². The first-order valence-corrected chi connectivity index (χ1v) is 7.98. The summed E-state index contributed by atoms with van der Waals surface area (Å²) in [4.78, 5) is 4.82. The molecule has 0 bridgehead atoms. The molecule has 2 heterocycles. The Kier molecular flexibility index (Phi) is 4.29. The van der Waals surface area contributed by atoms with Gasteiger partial charge in [-0.3, -0.25) is 9.80 Å². The SMILES string of the molecule is C[C@@]1(O)CCN(Cc2ccc(F)cc2)C[C@H]1N1CCCC1. The highest BCUT2D eigenvalue weighted by Gasteiger charge is 2.41. The van der Waals surface area contributed by atoms with Crippen molar-refractivity contribution in [1.82, 2.24) is 9.80 Å². The fourth-order valence-electron chi connectivity index (χ4n) is 3.64. The molecule has 2 atom stereocenters. The third kappa shape index (κ3) is 3.44. The van der Waals surface area contributed by atoms with Gasteiger partial charge in [0.05, 0.1) is 11.6 Å². The summed E-state index contributed by atoms with van der Waals surface area (Å²) in [5.74, 6) is -0.185. The number of piperidine rings is 1. The quantitative estimate of drug-likeness (QED) is 0.925. The standard InChI is InChI=1S/C17H25FN2O/c1-17(21)8-11-19(12-14-4-6-15(18)7-5-14)13-16(17)20-9-2-3-10-20/h4-7,16,21H,2-3,8-13H2,1H3/t16-,17-/m1/s1. The molecule has 3 rings (SSSR count). The van der Waals surface area contributed by atoms with Crippen LogP contribution in [0.3, 0.4) is 0 Å². The highest BCUT2D eigenvalue weighted by atomic mass is 19.1. The first kappa shape index (κ1) is 14.9. The zero-order valence-corrected chi connectivity index (χ0v) is 12.8. The van der Waals surface area contributed by atoms with E-state index in [4.69, 9.17) is 0 Å². The van der Waals surface area contributed by atoms with E-state index in [1.54, 1.807) is 0 Å². The molecule has 2 aliphatic heterocycles. The molecule has 0 aliphatic carbocycles. The van der Waals surface area contributed by atoms with Crippen LogP contribution in [0.15, 0.2) is 24.3 Å². The second-order valence-corrected chi connectivity index (χ2v) is 6.73. The van der Waals surface area contributed by atoms with Gasteiger partial charge in [-0.05, 0) is 57.0 Å². The fraction of sp³-hybridized carbons (Fsp3) is 0.647. The van der Waals surface area contributed by atoms with Crippen LogP contribution >= 0.6 is 0 Å². The summed E-state index contributed by atoms with van der Waals surface area (Å²) in [7, 11) is 0. The van der Waals surface area contributed by atoms with Gasteiger partial charge in [-0.1, -0.05) is 12.1 Å². The van der Waals surface area contributed by atoms with E-state index in [9.17, 15) is 9.50 Å². The predicted molar refractivity (Wildman–Crippen MR) is 81.5 cm³/mol. The van der Waals surface area contributed by atoms with Gasteiger partial charge in [-0.25, -0.2) is 4.39 Å². The van der Waals surface area contributed by atoms with Crippen LogP contribution in [0, 0.1) is 5.82 Å². The minimum atomic E-state index is -0.594. The third-order valence-corrected chi connectivity index (χ3v) is 4.98. The van der Waals surface area contributed by atoms with Gasteiger partial charge in [0, 0.05) is 19.6 Å². The number of rotatable bonds is 3. The summed E-state index contributed by atoms with van der Waals surface area (Å²) in [5.41, 5.74) is 0.544. The molecule has 116 valence electrons. The molecular weight excluding hydrogens is 267 g/mol. The van der Waals surface area contributed by atoms with Crippen LogP contribution in [0.4, 0.5) is 4.39 Å².